The van der Waals surface area contributed by atoms with Crippen LogP contribution in [-0.2, 0) is 27.5 Å². The number of nitrogens with one attached hydrogen (secondary N) is 1. The molecule has 40 heavy (non-hydrogen) atoms. The Bertz CT molecular complexity index is 1360. The van der Waals surface area contributed by atoms with Crippen LogP contribution in [-0.4, -0.2) is 46.6 Å². The second-order valence-electron chi connectivity index (χ2n) is 9.94. The predicted octanol–water partition coefficient (Wildman–Crippen LogP) is 3.14. The minimum absolute atomic E-state index is 0.0169. The van der Waals surface area contributed by atoms with Gasteiger partial charge in [-0.25, -0.2) is 9.18 Å². The van der Waals surface area contributed by atoms with Crippen LogP contribution < -0.4 is 21.3 Å². The third-order valence-electron chi connectivity index (χ3n) is 5.83. The predicted molar refractivity (Wildman–Crippen MR) is 148 cm³/mol. The molecule has 1 unspecified atom stereocenters. The Morgan fingerprint density at radius 2 is 1.88 bits per heavy atom. The van der Waals surface area contributed by atoms with Gasteiger partial charge in [0, 0.05) is 23.7 Å². The molecule has 11 nitrogen and oxygen atoms in total. The normalized spacial score (nSPS) is 13.2. The lowest BCUT2D eigenvalue weighted by Crippen LogP contribution is -2.48. The fraction of sp³-hybridized carbons (Fsp3) is 0.536. The van der Waals surface area contributed by atoms with Crippen molar-refractivity contribution in [3.8, 4) is 11.8 Å². The molecule has 0 saturated heterocycles. The Morgan fingerprint density at radius 1 is 1.18 bits per heavy atom. The Balaban J connectivity index is 2.67. The minimum atomic E-state index is -0.905. The van der Waals surface area contributed by atoms with Crippen LogP contribution >= 0.6 is 0 Å². The van der Waals surface area contributed by atoms with Crippen molar-refractivity contribution in [2.75, 3.05) is 13.7 Å². The first-order chi connectivity index (χ1) is 18.9. The summed E-state index contributed by atoms with van der Waals surface area (Å²) in [5.41, 5.74) is -0.597. The first kappa shape index (κ1) is 32.2. The van der Waals surface area contributed by atoms with Gasteiger partial charge in [0.05, 0.1) is 50.6 Å². The second kappa shape index (κ2) is 15.0. The van der Waals surface area contributed by atoms with Crippen LogP contribution in [0.2, 0.25) is 0 Å². The fourth-order valence-electron chi connectivity index (χ4n) is 3.78. The number of benzene rings is 1. The number of carbonyl (C=O) groups is 1. The zero-order valence-electron chi connectivity index (χ0n) is 24.1. The van der Waals surface area contributed by atoms with Crippen LogP contribution in [0.4, 0.5) is 4.39 Å². The average Bonchev–Trinajstić information content (AvgIpc) is 2.90. The van der Waals surface area contributed by atoms with Gasteiger partial charge in [0.15, 0.2) is 0 Å². The third kappa shape index (κ3) is 8.77. The van der Waals surface area contributed by atoms with Gasteiger partial charge >= 0.3 is 5.69 Å². The molecule has 12 heteroatoms. The van der Waals surface area contributed by atoms with Crippen molar-refractivity contribution < 1.29 is 23.5 Å². The van der Waals surface area contributed by atoms with E-state index in [9.17, 15) is 18.8 Å². The van der Waals surface area contributed by atoms with E-state index in [0.717, 1.165) is 4.57 Å². The van der Waals surface area contributed by atoms with E-state index < -0.39 is 29.2 Å². The molecule has 1 amide bonds. The van der Waals surface area contributed by atoms with E-state index in [1.807, 2.05) is 6.07 Å². The van der Waals surface area contributed by atoms with Crippen LogP contribution in [0.15, 0.2) is 39.1 Å². The van der Waals surface area contributed by atoms with Crippen LogP contribution in [0.25, 0.3) is 0 Å². The van der Waals surface area contributed by atoms with E-state index in [2.05, 4.69) is 10.5 Å². The number of nitrogens with zero attached hydrogens (tertiary/aromatic N) is 4. The number of aromatic nitrogens is 2. The lowest BCUT2D eigenvalue weighted by atomic mass is 10.1. The zero-order chi connectivity index (χ0) is 30.0. The number of methoxy groups -OCH3 is 1. The number of carbonyl (C=O) groups excluding carboxylic acids is 1. The summed E-state index contributed by atoms with van der Waals surface area (Å²) in [6, 6.07) is 5.37. The molecular formula is C28H38FN5O6. The quantitative estimate of drug-likeness (QED) is 0.213. The van der Waals surface area contributed by atoms with Crippen LogP contribution in [0.1, 0.15) is 65.2 Å². The highest BCUT2D eigenvalue weighted by Gasteiger charge is 2.23. The fourth-order valence-corrected chi connectivity index (χ4v) is 3.78. The van der Waals surface area contributed by atoms with Crippen molar-refractivity contribution >= 4 is 11.6 Å². The summed E-state index contributed by atoms with van der Waals surface area (Å²) in [5.74, 6) is -0.703. The molecular weight excluding hydrogens is 521 g/mol. The molecule has 1 aromatic carbocycles. The summed E-state index contributed by atoms with van der Waals surface area (Å²) in [6.07, 6.45) is 0.275. The Kier molecular flexibility index (Phi) is 12.1. The first-order valence-electron chi connectivity index (χ1n) is 13.1. The molecule has 1 heterocycles. The topological polar surface area (TPSA) is 137 Å². The number of ether oxygens (including phenoxy) is 2. The minimum Gasteiger partial charge on any atom is -0.496 e. The molecule has 2 aromatic rings. The number of rotatable bonds is 14. The van der Waals surface area contributed by atoms with Crippen LogP contribution in [0.3, 0.4) is 0 Å². The summed E-state index contributed by atoms with van der Waals surface area (Å²) < 4.78 is 27.8. The van der Waals surface area contributed by atoms with Gasteiger partial charge in [0.1, 0.15) is 23.8 Å². The van der Waals surface area contributed by atoms with Gasteiger partial charge in [-0.1, -0.05) is 19.0 Å². The number of hydrogen-bond donors (Lipinski definition) is 1. The van der Waals surface area contributed by atoms with Crippen molar-refractivity contribution in [1.82, 2.24) is 14.5 Å². The lowest BCUT2D eigenvalue weighted by Gasteiger charge is -2.23. The molecule has 0 spiro atoms. The number of hydrogen-bond acceptors (Lipinski definition) is 8. The third-order valence-corrected chi connectivity index (χ3v) is 5.83. The van der Waals surface area contributed by atoms with Gasteiger partial charge in [0.25, 0.3) is 5.56 Å². The van der Waals surface area contributed by atoms with Crippen molar-refractivity contribution in [3.05, 3.63) is 62.2 Å². The summed E-state index contributed by atoms with van der Waals surface area (Å²) in [4.78, 5) is 44.6. The first-order valence-corrected chi connectivity index (χ1v) is 13.1. The Morgan fingerprint density at radius 3 is 2.48 bits per heavy atom. The van der Waals surface area contributed by atoms with Gasteiger partial charge in [0.2, 0.25) is 5.91 Å². The maximum Gasteiger partial charge on any atom is 0.331 e. The Labute approximate surface area is 233 Å². The molecule has 0 bridgehead atoms. The van der Waals surface area contributed by atoms with Crippen molar-refractivity contribution in [2.45, 2.75) is 79.3 Å². The highest BCUT2D eigenvalue weighted by molar-refractivity contribution is 5.97. The molecule has 0 aliphatic heterocycles. The summed E-state index contributed by atoms with van der Waals surface area (Å²) >= 11 is 0. The van der Waals surface area contributed by atoms with Crippen molar-refractivity contribution in [3.63, 3.8) is 0 Å². The zero-order valence-corrected chi connectivity index (χ0v) is 24.1. The number of amides is 1. The second-order valence-corrected chi connectivity index (χ2v) is 9.94. The Hall–Kier alpha value is -3.98. The molecule has 0 saturated carbocycles. The lowest BCUT2D eigenvalue weighted by molar-refractivity contribution is -0.124. The summed E-state index contributed by atoms with van der Waals surface area (Å²) in [6.45, 7) is 10.1. The molecule has 2 rings (SSSR count). The highest BCUT2D eigenvalue weighted by Crippen LogP contribution is 2.30. The highest BCUT2D eigenvalue weighted by atomic mass is 19.1. The number of nitriles is 1. The average molecular weight is 560 g/mol. The van der Waals surface area contributed by atoms with Gasteiger partial charge in [-0.3, -0.25) is 18.7 Å². The van der Waals surface area contributed by atoms with E-state index in [0.29, 0.717) is 11.3 Å². The smallest absolute Gasteiger partial charge is 0.331 e. The molecule has 0 fully saturated rings. The molecule has 0 aliphatic carbocycles. The molecule has 218 valence electrons. The number of halogens is 1. The molecule has 2 atom stereocenters. The summed E-state index contributed by atoms with van der Waals surface area (Å²) in [5, 5.41) is 15.8. The summed E-state index contributed by atoms with van der Waals surface area (Å²) in [7, 11) is 1.43. The largest absolute Gasteiger partial charge is 0.496 e. The number of oxime groups is 1. The van der Waals surface area contributed by atoms with E-state index in [4.69, 9.17) is 19.6 Å². The van der Waals surface area contributed by atoms with Crippen molar-refractivity contribution in [2.24, 2.45) is 11.1 Å². The van der Waals surface area contributed by atoms with Gasteiger partial charge in [-0.15, -0.1) is 0 Å². The van der Waals surface area contributed by atoms with E-state index in [-0.39, 0.29) is 55.3 Å². The molecule has 1 aromatic heterocycles. The van der Waals surface area contributed by atoms with Gasteiger partial charge in [-0.05, 0) is 45.9 Å². The van der Waals surface area contributed by atoms with Gasteiger partial charge in [-0.2, -0.15) is 5.26 Å². The van der Waals surface area contributed by atoms with E-state index in [1.54, 1.807) is 41.5 Å². The van der Waals surface area contributed by atoms with Crippen molar-refractivity contribution in [1.29, 1.82) is 5.26 Å². The van der Waals surface area contributed by atoms with E-state index >= 15 is 0 Å². The standard InChI is InChI=1S/C28H38FN5O6/c1-17(2)26(35)31-19(5)14-34-27(36)23(20(6)32-40-18(3)4)15-33(28(34)37)16-25(39-12-8-11-30)22-13-21(29)9-10-24(22)38-7/h9-10,13,15,17-19,25H,8,12,14,16H2,1-7H3,(H,31,35)/t19-,25?/m0/s1. The van der Waals surface area contributed by atoms with Crippen LogP contribution in [0.5, 0.6) is 5.75 Å². The molecule has 0 aliphatic rings. The maximum atomic E-state index is 14.3. The SMILES string of the molecule is COc1ccc(F)cc1C(Cn1cc(C(C)=NOC(C)C)c(=O)n(C[C@H](C)NC(=O)C(C)C)c1=O)OCCC#N. The van der Waals surface area contributed by atoms with E-state index in [1.165, 1.54) is 36.1 Å². The van der Waals surface area contributed by atoms with Gasteiger partial charge < -0.3 is 19.6 Å². The molecule has 0 radical (unpaired) electrons. The monoisotopic (exact) mass is 559 g/mol. The van der Waals surface area contributed by atoms with Crippen LogP contribution in [0, 0.1) is 23.1 Å². The maximum absolute atomic E-state index is 14.3. The molecule has 1 N–H and O–H groups in total.